The Balaban J connectivity index is 1.87. The molecule has 0 bridgehead atoms. The van der Waals surface area contributed by atoms with Gasteiger partial charge in [-0.3, -0.25) is 9.59 Å². The molecule has 0 atom stereocenters. The first kappa shape index (κ1) is 36.0. The standard InChI is InChI=1S/C30H36N4O10S2/c1-5-9-15-33-26(37)23(27(38)34(33)16-10-6-2)28-45-24-19(43-29(39)31-13-17-41-21(35)7-3)11-12-20(25(24)46-28)44-30(40)32-14-18-42-22(36)8-4/h7-8,11-12H,3-6,9-10,13-18H2,1-2H3,(H,31,39)(H,32,40). The fourth-order valence-corrected chi connectivity index (χ4v) is 6.64. The zero-order valence-corrected chi connectivity index (χ0v) is 27.2. The van der Waals surface area contributed by atoms with Crippen molar-refractivity contribution < 1.29 is 47.7 Å². The van der Waals surface area contributed by atoms with Crippen LogP contribution in [0.4, 0.5) is 9.59 Å². The zero-order chi connectivity index (χ0) is 33.6. The first-order valence-electron chi connectivity index (χ1n) is 14.5. The summed E-state index contributed by atoms with van der Waals surface area (Å²) < 4.78 is 21.0. The lowest BCUT2D eigenvalue weighted by atomic mass is 10.3. The van der Waals surface area contributed by atoms with E-state index in [0.717, 1.165) is 48.5 Å². The molecular formula is C30H36N4O10S2. The number of esters is 2. The smallest absolute Gasteiger partial charge is 0.412 e. The van der Waals surface area contributed by atoms with E-state index in [-0.39, 0.29) is 43.4 Å². The summed E-state index contributed by atoms with van der Waals surface area (Å²) in [6, 6.07) is 2.82. The van der Waals surface area contributed by atoms with Gasteiger partial charge in [0.1, 0.15) is 30.3 Å². The van der Waals surface area contributed by atoms with Gasteiger partial charge in [0.2, 0.25) is 0 Å². The molecule has 0 spiro atoms. The highest BCUT2D eigenvalue weighted by molar-refractivity contribution is 8.25. The number of nitrogens with one attached hydrogen (secondary N) is 2. The van der Waals surface area contributed by atoms with Crippen LogP contribution in [0.3, 0.4) is 0 Å². The Hall–Kier alpha value is -4.44. The predicted molar refractivity (Wildman–Crippen MR) is 169 cm³/mol. The molecule has 1 fully saturated rings. The van der Waals surface area contributed by atoms with Gasteiger partial charge >= 0.3 is 24.1 Å². The van der Waals surface area contributed by atoms with Gasteiger partial charge in [-0.25, -0.2) is 29.2 Å². The molecule has 2 aliphatic heterocycles. The Labute approximate surface area is 274 Å². The van der Waals surface area contributed by atoms with Crippen molar-refractivity contribution in [3.8, 4) is 11.5 Å². The van der Waals surface area contributed by atoms with Crippen molar-refractivity contribution in [2.75, 3.05) is 39.4 Å². The second kappa shape index (κ2) is 17.9. The minimum Gasteiger partial charge on any atom is -0.461 e. The average Bonchev–Trinajstić information content (AvgIpc) is 3.58. The number of ether oxygens (including phenoxy) is 4. The van der Waals surface area contributed by atoms with Gasteiger partial charge < -0.3 is 29.6 Å². The lowest BCUT2D eigenvalue weighted by molar-refractivity contribution is -0.147. The van der Waals surface area contributed by atoms with Crippen LogP contribution in [-0.4, -0.2) is 85.4 Å². The van der Waals surface area contributed by atoms with Gasteiger partial charge in [-0.15, -0.1) is 0 Å². The summed E-state index contributed by atoms with van der Waals surface area (Å²) in [5.74, 6) is -1.98. The Morgan fingerprint density at radius 3 is 1.54 bits per heavy atom. The number of carbonyl (C=O) groups excluding carboxylic acids is 6. The van der Waals surface area contributed by atoms with Crippen molar-refractivity contribution in [2.45, 2.75) is 49.3 Å². The Bertz CT molecular complexity index is 1310. The molecule has 0 radical (unpaired) electrons. The maximum atomic E-state index is 13.6. The van der Waals surface area contributed by atoms with Gasteiger partial charge in [0.05, 0.1) is 27.1 Å². The Morgan fingerprint density at radius 2 is 1.17 bits per heavy atom. The number of amides is 4. The van der Waals surface area contributed by atoms with E-state index >= 15 is 0 Å². The molecule has 0 saturated carbocycles. The van der Waals surface area contributed by atoms with E-state index in [1.54, 1.807) is 0 Å². The number of unbranched alkanes of at least 4 members (excludes halogenated alkanes) is 2. The third kappa shape index (κ3) is 9.53. The van der Waals surface area contributed by atoms with Crippen molar-refractivity contribution in [2.24, 2.45) is 0 Å². The van der Waals surface area contributed by atoms with Gasteiger partial charge in [0.25, 0.3) is 11.8 Å². The molecule has 0 aromatic heterocycles. The van der Waals surface area contributed by atoms with E-state index in [1.807, 2.05) is 13.8 Å². The van der Waals surface area contributed by atoms with Crippen molar-refractivity contribution in [3.63, 3.8) is 0 Å². The number of fused-ring (bicyclic) bond motifs is 1. The van der Waals surface area contributed by atoms with Gasteiger partial charge in [-0.2, -0.15) is 0 Å². The monoisotopic (exact) mass is 676 g/mol. The van der Waals surface area contributed by atoms with E-state index < -0.39 is 35.9 Å². The molecule has 4 amide bonds. The second-order valence-corrected chi connectivity index (χ2v) is 11.8. The maximum Gasteiger partial charge on any atom is 0.412 e. The van der Waals surface area contributed by atoms with Crippen molar-refractivity contribution >= 4 is 59.5 Å². The van der Waals surface area contributed by atoms with Gasteiger partial charge in [-0.1, -0.05) is 63.4 Å². The molecular weight excluding hydrogens is 640 g/mol. The SMILES string of the molecule is C=CC(=O)OCCNC(=O)Oc1ccc(OC(=O)NCCOC(=O)C=C)c2c1SC(=C1C(=O)N(CCCC)N(CCCC)C1=O)S2. The van der Waals surface area contributed by atoms with Crippen LogP contribution in [0.2, 0.25) is 0 Å². The van der Waals surface area contributed by atoms with E-state index in [9.17, 15) is 28.8 Å². The van der Waals surface area contributed by atoms with Crippen LogP contribution >= 0.6 is 23.5 Å². The summed E-state index contributed by atoms with van der Waals surface area (Å²) in [5.41, 5.74) is -0.0164. The van der Waals surface area contributed by atoms with Crippen LogP contribution in [-0.2, 0) is 28.7 Å². The number of hydrogen-bond donors (Lipinski definition) is 2. The summed E-state index contributed by atoms with van der Waals surface area (Å²) in [4.78, 5) is 75.4. The average molecular weight is 677 g/mol. The second-order valence-electron chi connectivity index (χ2n) is 9.53. The van der Waals surface area contributed by atoms with Gasteiger partial charge in [0.15, 0.2) is 0 Å². The van der Waals surface area contributed by atoms with Crippen LogP contribution in [0.5, 0.6) is 11.5 Å². The number of nitrogens with zero attached hydrogens (tertiary/aromatic N) is 2. The fraction of sp³-hybridized carbons (Fsp3) is 0.400. The molecule has 248 valence electrons. The lowest BCUT2D eigenvalue weighted by Gasteiger charge is -2.27. The number of carbonyl (C=O) groups is 6. The molecule has 2 aliphatic rings. The minimum absolute atomic E-state index is 0.0164. The third-order valence-corrected chi connectivity index (χ3v) is 8.87. The highest BCUT2D eigenvalue weighted by atomic mass is 32.2. The quantitative estimate of drug-likeness (QED) is 0.112. The topological polar surface area (TPSA) is 170 Å². The molecule has 2 N–H and O–H groups in total. The largest absolute Gasteiger partial charge is 0.461 e. The molecule has 14 nitrogen and oxygen atoms in total. The molecule has 46 heavy (non-hydrogen) atoms. The molecule has 0 aliphatic carbocycles. The van der Waals surface area contributed by atoms with Crippen LogP contribution < -0.4 is 20.1 Å². The third-order valence-electron chi connectivity index (χ3n) is 6.24. The summed E-state index contributed by atoms with van der Waals surface area (Å²) in [7, 11) is 0. The molecule has 2 heterocycles. The number of hydrazine groups is 1. The van der Waals surface area contributed by atoms with E-state index in [2.05, 4.69) is 23.8 Å². The molecule has 16 heteroatoms. The summed E-state index contributed by atoms with van der Waals surface area (Å²) in [6.45, 7) is 11.1. The fourth-order valence-electron chi connectivity index (χ4n) is 3.99. The maximum absolute atomic E-state index is 13.6. The van der Waals surface area contributed by atoms with Crippen molar-refractivity contribution in [3.05, 3.63) is 47.3 Å². The van der Waals surface area contributed by atoms with E-state index in [0.29, 0.717) is 40.0 Å². The summed E-state index contributed by atoms with van der Waals surface area (Å²) in [6.07, 6.45) is 3.38. The molecule has 0 unspecified atom stereocenters. The van der Waals surface area contributed by atoms with Crippen LogP contribution in [0.15, 0.2) is 57.0 Å². The first-order chi connectivity index (χ1) is 22.1. The first-order valence-corrected chi connectivity index (χ1v) is 16.2. The van der Waals surface area contributed by atoms with E-state index in [4.69, 9.17) is 18.9 Å². The summed E-state index contributed by atoms with van der Waals surface area (Å²) >= 11 is 2.10. The normalized spacial score (nSPS) is 13.7. The number of hydrogen-bond acceptors (Lipinski definition) is 12. The molecule has 1 aromatic rings. The van der Waals surface area contributed by atoms with Crippen LogP contribution in [0.25, 0.3) is 0 Å². The highest BCUT2D eigenvalue weighted by Gasteiger charge is 2.44. The van der Waals surface area contributed by atoms with E-state index in [1.165, 1.54) is 22.2 Å². The van der Waals surface area contributed by atoms with Crippen LogP contribution in [0.1, 0.15) is 39.5 Å². The highest BCUT2D eigenvalue weighted by Crippen LogP contribution is 2.59. The molecule has 1 saturated heterocycles. The number of rotatable bonds is 16. The number of benzene rings is 1. The summed E-state index contributed by atoms with van der Waals surface area (Å²) in [5, 5.41) is 7.87. The minimum atomic E-state index is -0.853. The van der Waals surface area contributed by atoms with Crippen molar-refractivity contribution in [1.82, 2.24) is 20.7 Å². The van der Waals surface area contributed by atoms with Gasteiger partial charge in [-0.05, 0) is 25.0 Å². The molecule has 1 aromatic carbocycles. The molecule has 3 rings (SSSR count). The Kier molecular flexibility index (Phi) is 14.0. The zero-order valence-electron chi connectivity index (χ0n) is 25.6. The van der Waals surface area contributed by atoms with Crippen LogP contribution in [0, 0.1) is 0 Å². The lowest BCUT2D eigenvalue weighted by Crippen LogP contribution is -2.42. The predicted octanol–water partition coefficient (Wildman–Crippen LogP) is 3.92. The van der Waals surface area contributed by atoms with Gasteiger partial charge in [0, 0.05) is 25.2 Å². The Morgan fingerprint density at radius 1 is 0.761 bits per heavy atom. The number of thioether (sulfide) groups is 2. The van der Waals surface area contributed by atoms with Crippen molar-refractivity contribution in [1.29, 1.82) is 0 Å².